The molecule has 0 radical (unpaired) electrons. The predicted octanol–water partition coefficient (Wildman–Crippen LogP) is 2.49. The minimum Gasteiger partial charge on any atom is -0.300 e. The molecule has 1 aliphatic heterocycles. The minimum atomic E-state index is -0.205. The smallest absolute Gasteiger partial charge is 0.139 e. The lowest BCUT2D eigenvalue weighted by Crippen LogP contribution is -2.33. The van der Waals surface area contributed by atoms with E-state index in [2.05, 4.69) is 23.7 Å². The maximum absolute atomic E-state index is 13.3. The molecule has 0 fully saturated rings. The highest BCUT2D eigenvalue weighted by molar-refractivity contribution is 5.44. The summed E-state index contributed by atoms with van der Waals surface area (Å²) in [5, 5.41) is 0. The van der Waals surface area contributed by atoms with E-state index in [-0.39, 0.29) is 5.82 Å². The Kier molecular flexibility index (Phi) is 2.82. The van der Waals surface area contributed by atoms with Crippen molar-refractivity contribution in [2.24, 2.45) is 5.92 Å². The van der Waals surface area contributed by atoms with Crippen molar-refractivity contribution in [2.45, 2.75) is 26.8 Å². The summed E-state index contributed by atoms with van der Waals surface area (Å²) in [5.74, 6) is 0.450. The molecule has 3 nitrogen and oxygen atoms in total. The third-order valence-electron chi connectivity index (χ3n) is 3.43. The van der Waals surface area contributed by atoms with Crippen molar-refractivity contribution in [3.8, 4) is 0 Å². The summed E-state index contributed by atoms with van der Waals surface area (Å²) in [5.41, 5.74) is 3.13. The Hall–Kier alpha value is -1.42. The van der Waals surface area contributed by atoms with E-state index in [9.17, 15) is 4.39 Å². The highest BCUT2D eigenvalue weighted by atomic mass is 19.1. The van der Waals surface area contributed by atoms with Gasteiger partial charge >= 0.3 is 0 Å². The van der Waals surface area contributed by atoms with Crippen LogP contribution in [0.15, 0.2) is 18.3 Å². The van der Waals surface area contributed by atoms with E-state index in [1.54, 1.807) is 12.3 Å². The lowest BCUT2D eigenvalue weighted by Gasteiger charge is -2.27. The number of hydrogen-bond acceptors (Lipinski definition) is 2. The molecule has 0 bridgehead atoms. The van der Waals surface area contributed by atoms with Crippen LogP contribution in [-0.2, 0) is 13.0 Å². The molecule has 0 saturated carbocycles. The summed E-state index contributed by atoms with van der Waals surface area (Å²) in [6.45, 7) is 7.46. The molecule has 3 rings (SSSR count). The van der Waals surface area contributed by atoms with Crippen molar-refractivity contribution in [3.63, 3.8) is 0 Å². The SMILES string of the molecule is CC(C)CN1CCc2nc3ccc(F)cn3c2C1. The van der Waals surface area contributed by atoms with Crippen molar-refractivity contribution in [1.82, 2.24) is 14.3 Å². The molecule has 96 valence electrons. The fraction of sp³-hybridized carbons (Fsp3) is 0.500. The average molecular weight is 247 g/mol. The zero-order chi connectivity index (χ0) is 12.7. The van der Waals surface area contributed by atoms with Gasteiger partial charge < -0.3 is 0 Å². The maximum Gasteiger partial charge on any atom is 0.139 e. The van der Waals surface area contributed by atoms with Crippen molar-refractivity contribution >= 4 is 5.65 Å². The Labute approximate surface area is 106 Å². The van der Waals surface area contributed by atoms with Crippen LogP contribution in [0, 0.1) is 11.7 Å². The number of imidazole rings is 1. The second-order valence-corrected chi connectivity index (χ2v) is 5.46. The predicted molar refractivity (Wildman–Crippen MR) is 69.0 cm³/mol. The molecular formula is C14H18FN3. The Balaban J connectivity index is 1.98. The first-order valence-electron chi connectivity index (χ1n) is 6.51. The topological polar surface area (TPSA) is 20.5 Å². The Morgan fingerprint density at radius 1 is 1.39 bits per heavy atom. The van der Waals surface area contributed by atoms with Crippen molar-refractivity contribution in [3.05, 3.63) is 35.5 Å². The lowest BCUT2D eigenvalue weighted by molar-refractivity contribution is 0.222. The van der Waals surface area contributed by atoms with Crippen molar-refractivity contribution < 1.29 is 4.39 Å². The molecule has 2 aromatic heterocycles. The molecule has 0 atom stereocenters. The van der Waals surface area contributed by atoms with Crippen LogP contribution in [0.2, 0.25) is 0 Å². The molecule has 3 heterocycles. The summed E-state index contributed by atoms with van der Waals surface area (Å²) in [6, 6.07) is 3.22. The van der Waals surface area contributed by atoms with Gasteiger partial charge in [0.15, 0.2) is 0 Å². The summed E-state index contributed by atoms with van der Waals surface area (Å²) in [6.07, 6.45) is 2.51. The molecule has 0 spiro atoms. The summed E-state index contributed by atoms with van der Waals surface area (Å²) >= 11 is 0. The van der Waals surface area contributed by atoms with E-state index < -0.39 is 0 Å². The fourth-order valence-corrected chi connectivity index (χ4v) is 2.71. The maximum atomic E-state index is 13.3. The number of pyridine rings is 1. The average Bonchev–Trinajstić information content (AvgIpc) is 2.66. The van der Waals surface area contributed by atoms with Crippen LogP contribution in [0.5, 0.6) is 0 Å². The Morgan fingerprint density at radius 2 is 2.22 bits per heavy atom. The van der Waals surface area contributed by atoms with Gasteiger partial charge in [-0.15, -0.1) is 0 Å². The van der Waals surface area contributed by atoms with Gasteiger partial charge in [0.05, 0.1) is 11.4 Å². The van der Waals surface area contributed by atoms with Gasteiger partial charge in [0.1, 0.15) is 11.5 Å². The molecule has 0 N–H and O–H groups in total. The molecule has 0 unspecified atom stereocenters. The van der Waals surface area contributed by atoms with E-state index in [1.165, 1.54) is 6.07 Å². The van der Waals surface area contributed by atoms with Crippen LogP contribution < -0.4 is 0 Å². The second-order valence-electron chi connectivity index (χ2n) is 5.46. The molecule has 0 saturated heterocycles. The van der Waals surface area contributed by atoms with Crippen molar-refractivity contribution in [2.75, 3.05) is 13.1 Å². The molecule has 0 aromatic carbocycles. The molecule has 0 aliphatic carbocycles. The highest BCUT2D eigenvalue weighted by Gasteiger charge is 2.21. The number of fused-ring (bicyclic) bond motifs is 3. The molecule has 2 aromatic rings. The van der Waals surface area contributed by atoms with E-state index >= 15 is 0 Å². The number of rotatable bonds is 2. The number of hydrogen-bond donors (Lipinski definition) is 0. The number of nitrogens with zero attached hydrogens (tertiary/aromatic N) is 3. The van der Waals surface area contributed by atoms with E-state index in [0.717, 1.165) is 43.1 Å². The third-order valence-corrected chi connectivity index (χ3v) is 3.43. The van der Waals surface area contributed by atoms with Gasteiger partial charge in [0.2, 0.25) is 0 Å². The first-order valence-corrected chi connectivity index (χ1v) is 6.51. The Bertz CT molecular complexity index is 574. The van der Waals surface area contributed by atoms with Gasteiger partial charge in [0.25, 0.3) is 0 Å². The van der Waals surface area contributed by atoms with Crippen LogP contribution in [0.3, 0.4) is 0 Å². The van der Waals surface area contributed by atoms with Gasteiger partial charge in [-0.2, -0.15) is 0 Å². The zero-order valence-corrected chi connectivity index (χ0v) is 10.9. The first-order chi connectivity index (χ1) is 8.63. The van der Waals surface area contributed by atoms with Gasteiger partial charge in [-0.05, 0) is 18.1 Å². The van der Waals surface area contributed by atoms with Gasteiger partial charge in [-0.3, -0.25) is 9.30 Å². The number of halogens is 1. The molecule has 18 heavy (non-hydrogen) atoms. The zero-order valence-electron chi connectivity index (χ0n) is 10.9. The number of aromatic nitrogens is 2. The van der Waals surface area contributed by atoms with Crippen LogP contribution in [0.4, 0.5) is 4.39 Å². The normalized spacial score (nSPS) is 16.4. The van der Waals surface area contributed by atoms with Crippen LogP contribution in [0.25, 0.3) is 5.65 Å². The summed E-state index contributed by atoms with van der Waals surface area (Å²) < 4.78 is 15.2. The molecular weight excluding hydrogens is 229 g/mol. The summed E-state index contributed by atoms with van der Waals surface area (Å²) in [4.78, 5) is 7.00. The highest BCUT2D eigenvalue weighted by Crippen LogP contribution is 2.21. The summed E-state index contributed by atoms with van der Waals surface area (Å²) in [7, 11) is 0. The first kappa shape index (κ1) is 11.7. The standard InChI is InChI=1S/C14H18FN3/c1-10(2)7-17-6-5-12-13(9-17)18-8-11(15)3-4-14(18)16-12/h3-4,8,10H,5-7,9H2,1-2H3. The largest absolute Gasteiger partial charge is 0.300 e. The van der Waals surface area contributed by atoms with Gasteiger partial charge in [0, 0.05) is 32.3 Å². The second kappa shape index (κ2) is 4.35. The minimum absolute atomic E-state index is 0.205. The van der Waals surface area contributed by atoms with E-state index in [1.807, 2.05) is 4.40 Å². The lowest BCUT2D eigenvalue weighted by atomic mass is 10.1. The monoisotopic (exact) mass is 247 g/mol. The van der Waals surface area contributed by atoms with Gasteiger partial charge in [-0.1, -0.05) is 13.8 Å². The van der Waals surface area contributed by atoms with Crippen molar-refractivity contribution in [1.29, 1.82) is 0 Å². The quantitative estimate of drug-likeness (QED) is 0.812. The Morgan fingerprint density at radius 3 is 3.00 bits per heavy atom. The molecule has 1 aliphatic rings. The molecule has 0 amide bonds. The van der Waals surface area contributed by atoms with Crippen LogP contribution in [-0.4, -0.2) is 27.4 Å². The van der Waals surface area contributed by atoms with E-state index in [4.69, 9.17) is 0 Å². The van der Waals surface area contributed by atoms with Crippen LogP contribution >= 0.6 is 0 Å². The fourth-order valence-electron chi connectivity index (χ4n) is 2.71. The van der Waals surface area contributed by atoms with Gasteiger partial charge in [-0.25, -0.2) is 9.37 Å². The van der Waals surface area contributed by atoms with Crippen LogP contribution in [0.1, 0.15) is 25.2 Å². The molecule has 4 heteroatoms. The third kappa shape index (κ3) is 2.01. The van der Waals surface area contributed by atoms with E-state index in [0.29, 0.717) is 5.92 Å².